The molecule has 0 aromatic heterocycles. The van der Waals surface area contributed by atoms with E-state index in [1.807, 2.05) is 23.9 Å². The van der Waals surface area contributed by atoms with E-state index in [1.54, 1.807) is 0 Å². The van der Waals surface area contributed by atoms with Crippen molar-refractivity contribution in [2.75, 3.05) is 30.9 Å². The van der Waals surface area contributed by atoms with Crippen molar-refractivity contribution in [1.29, 1.82) is 0 Å². The largest absolute Gasteiger partial charge is 0.399 e. The fourth-order valence-electron chi connectivity index (χ4n) is 3.58. The molecule has 3 atom stereocenters. The van der Waals surface area contributed by atoms with Gasteiger partial charge in [0.2, 0.25) is 0 Å². The monoisotopic (exact) mass is 306 g/mol. The van der Waals surface area contributed by atoms with Crippen LogP contribution in [0.3, 0.4) is 0 Å². The van der Waals surface area contributed by atoms with E-state index in [0.717, 1.165) is 18.7 Å². The van der Waals surface area contributed by atoms with Gasteiger partial charge in [-0.3, -0.25) is 4.90 Å². The number of ether oxygens (including phenoxy) is 1. The summed E-state index contributed by atoms with van der Waals surface area (Å²) in [5.41, 5.74) is 8.23. The summed E-state index contributed by atoms with van der Waals surface area (Å²) in [5, 5.41) is 0. The van der Waals surface area contributed by atoms with Crippen molar-refractivity contribution in [2.24, 2.45) is 0 Å². The van der Waals surface area contributed by atoms with Crippen molar-refractivity contribution in [3.63, 3.8) is 0 Å². The second-order valence-corrected chi connectivity index (χ2v) is 7.60. The predicted molar refractivity (Wildman–Crippen MR) is 90.7 cm³/mol. The highest BCUT2D eigenvalue weighted by Gasteiger charge is 2.42. The van der Waals surface area contributed by atoms with Crippen molar-refractivity contribution in [1.82, 2.24) is 4.90 Å². The third-order valence-electron chi connectivity index (χ3n) is 5.11. The van der Waals surface area contributed by atoms with Crippen LogP contribution in [0.2, 0.25) is 0 Å². The molecule has 4 heteroatoms. The smallest absolute Gasteiger partial charge is 0.0795 e. The molecule has 1 aromatic carbocycles. The number of nitrogens with zero attached hydrogens (tertiary/aromatic N) is 1. The number of hydrogen-bond donors (Lipinski definition) is 1. The van der Waals surface area contributed by atoms with Gasteiger partial charge in [0, 0.05) is 30.1 Å². The first-order chi connectivity index (χ1) is 10.1. The number of rotatable bonds is 3. The summed E-state index contributed by atoms with van der Waals surface area (Å²) >= 11 is 2.04. The van der Waals surface area contributed by atoms with E-state index < -0.39 is 0 Å². The lowest BCUT2D eigenvalue weighted by Crippen LogP contribution is -2.48. The third kappa shape index (κ3) is 3.22. The zero-order valence-electron chi connectivity index (χ0n) is 13.0. The van der Waals surface area contributed by atoms with Crippen LogP contribution in [-0.2, 0) is 4.74 Å². The Morgan fingerprint density at radius 2 is 2.33 bits per heavy atom. The Hall–Kier alpha value is -0.710. The van der Waals surface area contributed by atoms with Crippen molar-refractivity contribution in [3.8, 4) is 0 Å². The molecule has 116 valence electrons. The van der Waals surface area contributed by atoms with Gasteiger partial charge in [0.05, 0.1) is 5.60 Å². The van der Waals surface area contributed by atoms with Crippen LogP contribution in [0.15, 0.2) is 24.3 Å². The van der Waals surface area contributed by atoms with E-state index in [-0.39, 0.29) is 5.60 Å². The molecule has 2 heterocycles. The molecular weight excluding hydrogens is 280 g/mol. The van der Waals surface area contributed by atoms with E-state index in [9.17, 15) is 0 Å². The Morgan fingerprint density at radius 1 is 1.48 bits per heavy atom. The van der Waals surface area contributed by atoms with Crippen molar-refractivity contribution in [3.05, 3.63) is 29.8 Å². The van der Waals surface area contributed by atoms with Gasteiger partial charge in [0.1, 0.15) is 0 Å². The van der Waals surface area contributed by atoms with Gasteiger partial charge in [-0.25, -0.2) is 0 Å². The molecule has 0 amide bonds. The van der Waals surface area contributed by atoms with Crippen LogP contribution in [0.1, 0.15) is 37.8 Å². The molecule has 2 fully saturated rings. The lowest BCUT2D eigenvalue weighted by atomic mass is 9.88. The van der Waals surface area contributed by atoms with Gasteiger partial charge in [0.25, 0.3) is 0 Å². The highest BCUT2D eigenvalue weighted by molar-refractivity contribution is 7.99. The lowest BCUT2D eigenvalue weighted by molar-refractivity contribution is -0.0907. The van der Waals surface area contributed by atoms with Crippen molar-refractivity contribution in [2.45, 2.75) is 43.9 Å². The van der Waals surface area contributed by atoms with Gasteiger partial charge < -0.3 is 10.5 Å². The third-order valence-corrected chi connectivity index (χ3v) is 6.34. The van der Waals surface area contributed by atoms with E-state index in [2.05, 4.69) is 31.0 Å². The topological polar surface area (TPSA) is 38.5 Å². The molecule has 2 aliphatic rings. The Morgan fingerprint density at radius 3 is 3.05 bits per heavy atom. The Labute approximate surface area is 132 Å². The average molecular weight is 306 g/mol. The van der Waals surface area contributed by atoms with Gasteiger partial charge in [-0.15, -0.1) is 0 Å². The maximum Gasteiger partial charge on any atom is 0.0795 e. The second kappa shape index (κ2) is 6.19. The number of benzene rings is 1. The van der Waals surface area contributed by atoms with Crippen LogP contribution in [0, 0.1) is 0 Å². The fraction of sp³-hybridized carbons (Fsp3) is 0.647. The minimum absolute atomic E-state index is 0.150. The number of nitrogens with two attached hydrogens (primary N) is 1. The minimum atomic E-state index is 0.150. The maximum atomic E-state index is 6.14. The predicted octanol–water partition coefficient (Wildman–Crippen LogP) is 3.32. The van der Waals surface area contributed by atoms with Crippen LogP contribution in [0.5, 0.6) is 0 Å². The lowest BCUT2D eigenvalue weighted by Gasteiger charge is -2.43. The normalized spacial score (nSPS) is 30.9. The first kappa shape index (κ1) is 15.2. The molecule has 21 heavy (non-hydrogen) atoms. The van der Waals surface area contributed by atoms with E-state index in [0.29, 0.717) is 12.1 Å². The summed E-state index contributed by atoms with van der Waals surface area (Å²) in [4.78, 5) is 2.52. The Bertz CT molecular complexity index is 487. The number of nitrogen functional groups attached to an aromatic ring is 1. The molecule has 1 aromatic rings. The van der Waals surface area contributed by atoms with Gasteiger partial charge in [-0.05, 0) is 56.7 Å². The number of anilines is 1. The number of thioether (sulfide) groups is 1. The maximum absolute atomic E-state index is 6.14. The van der Waals surface area contributed by atoms with E-state index in [1.165, 1.54) is 29.9 Å². The number of hydrogen-bond acceptors (Lipinski definition) is 4. The second-order valence-electron chi connectivity index (χ2n) is 6.49. The molecule has 2 N–H and O–H groups in total. The van der Waals surface area contributed by atoms with Crippen LogP contribution in [-0.4, -0.2) is 41.7 Å². The van der Waals surface area contributed by atoms with Crippen LogP contribution in [0.25, 0.3) is 0 Å². The fourth-order valence-corrected chi connectivity index (χ4v) is 4.96. The molecule has 3 unspecified atom stereocenters. The van der Waals surface area contributed by atoms with Gasteiger partial charge >= 0.3 is 0 Å². The van der Waals surface area contributed by atoms with Crippen LogP contribution >= 0.6 is 11.8 Å². The highest BCUT2D eigenvalue weighted by Crippen LogP contribution is 2.40. The SMILES string of the molecule is CC(c1cccc(N)c1)N(C)C1CCOC2(CCSC2)C1. The zero-order chi connectivity index (χ0) is 14.9. The van der Waals surface area contributed by atoms with Crippen molar-refractivity contribution >= 4 is 17.4 Å². The van der Waals surface area contributed by atoms with Crippen LogP contribution in [0.4, 0.5) is 5.69 Å². The van der Waals surface area contributed by atoms with Crippen LogP contribution < -0.4 is 5.73 Å². The standard InChI is InChI=1S/C17H26N2OS/c1-13(14-4-3-5-15(18)10-14)19(2)16-6-8-20-17(11-16)7-9-21-12-17/h3-5,10,13,16H,6-9,11-12,18H2,1-2H3. The molecule has 0 bridgehead atoms. The van der Waals surface area contributed by atoms with Crippen molar-refractivity contribution < 1.29 is 4.74 Å². The van der Waals surface area contributed by atoms with E-state index >= 15 is 0 Å². The average Bonchev–Trinajstić information content (AvgIpc) is 2.93. The minimum Gasteiger partial charge on any atom is -0.399 e. The molecule has 1 spiro atoms. The van der Waals surface area contributed by atoms with Gasteiger partial charge in [-0.1, -0.05) is 12.1 Å². The highest BCUT2D eigenvalue weighted by atomic mass is 32.2. The molecule has 0 radical (unpaired) electrons. The molecular formula is C17H26N2OS. The molecule has 3 rings (SSSR count). The summed E-state index contributed by atoms with van der Waals surface area (Å²) < 4.78 is 6.14. The zero-order valence-corrected chi connectivity index (χ0v) is 13.9. The molecule has 0 aliphatic carbocycles. The summed E-state index contributed by atoms with van der Waals surface area (Å²) in [6.45, 7) is 3.18. The summed E-state index contributed by atoms with van der Waals surface area (Å²) in [7, 11) is 2.25. The molecule has 2 aliphatic heterocycles. The molecule has 0 saturated carbocycles. The quantitative estimate of drug-likeness (QED) is 0.870. The van der Waals surface area contributed by atoms with Gasteiger partial charge in [-0.2, -0.15) is 11.8 Å². The molecule has 2 saturated heterocycles. The first-order valence-electron chi connectivity index (χ1n) is 7.89. The summed E-state index contributed by atoms with van der Waals surface area (Å²) in [5.74, 6) is 2.42. The van der Waals surface area contributed by atoms with E-state index in [4.69, 9.17) is 10.5 Å². The Balaban J connectivity index is 1.70. The first-order valence-corrected chi connectivity index (χ1v) is 9.04. The van der Waals surface area contributed by atoms with Gasteiger partial charge in [0.15, 0.2) is 0 Å². The Kier molecular flexibility index (Phi) is 4.48. The summed E-state index contributed by atoms with van der Waals surface area (Å²) in [6, 6.07) is 9.28. The summed E-state index contributed by atoms with van der Waals surface area (Å²) in [6.07, 6.45) is 3.52. The molecule has 3 nitrogen and oxygen atoms in total.